The number of hydrogen-bond acceptors (Lipinski definition) is 5. The first-order valence-corrected chi connectivity index (χ1v) is 9.12. The summed E-state index contributed by atoms with van der Waals surface area (Å²) in [5, 5.41) is 9.99. The summed E-state index contributed by atoms with van der Waals surface area (Å²) < 4.78 is 30.6. The maximum Gasteiger partial charge on any atom is 0.275 e. The van der Waals surface area contributed by atoms with Gasteiger partial charge in [0.05, 0.1) is 12.6 Å². The molecular weight excluding hydrogens is 304 g/mol. The molecule has 22 heavy (non-hydrogen) atoms. The summed E-state index contributed by atoms with van der Waals surface area (Å²) in [6.07, 6.45) is 3.97. The predicted octanol–water partition coefficient (Wildman–Crippen LogP) is 1.51. The van der Waals surface area contributed by atoms with E-state index < -0.39 is 10.0 Å². The molecule has 0 amide bonds. The zero-order valence-electron chi connectivity index (χ0n) is 13.5. The van der Waals surface area contributed by atoms with Gasteiger partial charge in [0.1, 0.15) is 5.76 Å². The molecule has 2 rings (SSSR count). The molecule has 0 aromatic carbocycles. The van der Waals surface area contributed by atoms with Crippen molar-refractivity contribution in [2.24, 2.45) is 5.92 Å². The lowest BCUT2D eigenvalue weighted by molar-refractivity contribution is 0.0488. The third-order valence-corrected chi connectivity index (χ3v) is 5.90. The lowest BCUT2D eigenvalue weighted by Crippen LogP contribution is -2.34. The normalized spacial score (nSPS) is 23.4. The van der Waals surface area contributed by atoms with Crippen LogP contribution in [0.3, 0.4) is 0 Å². The van der Waals surface area contributed by atoms with E-state index >= 15 is 0 Å². The summed E-state index contributed by atoms with van der Waals surface area (Å²) in [6.45, 7) is 1.32. The minimum Gasteiger partial charge on any atom is -0.447 e. The van der Waals surface area contributed by atoms with E-state index in [1.807, 2.05) is 7.05 Å². The molecule has 0 aliphatic heterocycles. The molecule has 2 unspecified atom stereocenters. The van der Waals surface area contributed by atoms with Crippen LogP contribution in [0.2, 0.25) is 0 Å². The van der Waals surface area contributed by atoms with Crippen LogP contribution in [0, 0.1) is 5.92 Å². The molecule has 0 saturated heterocycles. The van der Waals surface area contributed by atoms with Crippen LogP contribution in [0.4, 0.5) is 0 Å². The fraction of sp³-hybridized carbons (Fsp3) is 0.733. The third-order valence-electron chi connectivity index (χ3n) is 4.21. The summed E-state index contributed by atoms with van der Waals surface area (Å²) >= 11 is 0. The molecule has 0 bridgehead atoms. The quantitative estimate of drug-likeness (QED) is 0.856. The van der Waals surface area contributed by atoms with Crippen LogP contribution in [-0.2, 0) is 16.6 Å². The van der Waals surface area contributed by atoms with Gasteiger partial charge in [0, 0.05) is 20.6 Å². The fourth-order valence-corrected chi connectivity index (χ4v) is 3.71. The Kier molecular flexibility index (Phi) is 5.65. The second kappa shape index (κ2) is 7.12. The molecule has 126 valence electrons. The van der Waals surface area contributed by atoms with Gasteiger partial charge < -0.3 is 9.52 Å². The van der Waals surface area contributed by atoms with Crippen molar-refractivity contribution < 1.29 is 17.9 Å². The van der Waals surface area contributed by atoms with E-state index in [-0.39, 0.29) is 11.2 Å². The molecule has 1 aromatic heterocycles. The van der Waals surface area contributed by atoms with E-state index in [2.05, 4.69) is 4.90 Å². The predicted molar refractivity (Wildman–Crippen MR) is 83.9 cm³/mol. The zero-order valence-corrected chi connectivity index (χ0v) is 14.3. The summed E-state index contributed by atoms with van der Waals surface area (Å²) in [7, 11) is 1.40. The van der Waals surface area contributed by atoms with Crippen LogP contribution >= 0.6 is 0 Å². The van der Waals surface area contributed by atoms with Gasteiger partial charge in [-0.3, -0.25) is 4.90 Å². The Hall–Kier alpha value is -0.890. The number of rotatable bonds is 6. The highest BCUT2D eigenvalue weighted by molar-refractivity contribution is 7.88. The van der Waals surface area contributed by atoms with Gasteiger partial charge in [0.15, 0.2) is 0 Å². The van der Waals surface area contributed by atoms with E-state index in [9.17, 15) is 13.5 Å². The minimum atomic E-state index is -3.52. The summed E-state index contributed by atoms with van der Waals surface area (Å²) in [5.74, 6) is 0.909. The second-order valence-electron chi connectivity index (χ2n) is 6.32. The minimum absolute atomic E-state index is 0.0291. The number of aliphatic hydroxyl groups excluding tert-OH is 1. The van der Waals surface area contributed by atoms with Crippen LogP contribution in [0.25, 0.3) is 0 Å². The Morgan fingerprint density at radius 2 is 1.91 bits per heavy atom. The van der Waals surface area contributed by atoms with Gasteiger partial charge in [0.25, 0.3) is 10.0 Å². The van der Waals surface area contributed by atoms with E-state index in [0.717, 1.165) is 30.1 Å². The molecule has 1 aliphatic rings. The Bertz CT molecular complexity index is 582. The van der Waals surface area contributed by atoms with Crippen molar-refractivity contribution in [3.05, 3.63) is 17.9 Å². The number of sulfonamides is 1. The highest BCUT2D eigenvalue weighted by Crippen LogP contribution is 2.25. The maximum atomic E-state index is 12.0. The number of aliphatic hydroxyl groups is 1. The van der Waals surface area contributed by atoms with Crippen LogP contribution in [0.15, 0.2) is 21.6 Å². The summed E-state index contributed by atoms with van der Waals surface area (Å²) in [4.78, 5) is 2.07. The Morgan fingerprint density at radius 1 is 1.23 bits per heavy atom. The highest BCUT2D eigenvalue weighted by atomic mass is 32.2. The third kappa shape index (κ3) is 4.10. The fourth-order valence-electron chi connectivity index (χ4n) is 2.89. The topological polar surface area (TPSA) is 74.0 Å². The van der Waals surface area contributed by atoms with Gasteiger partial charge in [-0.05, 0) is 37.9 Å². The van der Waals surface area contributed by atoms with E-state index in [4.69, 9.17) is 4.42 Å². The molecular formula is C15H26N2O4S. The number of hydrogen-bond donors (Lipinski definition) is 1. The molecule has 6 nitrogen and oxygen atoms in total. The largest absolute Gasteiger partial charge is 0.447 e. The molecule has 7 heteroatoms. The van der Waals surface area contributed by atoms with Gasteiger partial charge in [-0.25, -0.2) is 12.7 Å². The molecule has 1 N–H and O–H groups in total. The van der Waals surface area contributed by atoms with Crippen LogP contribution in [-0.4, -0.2) is 56.5 Å². The van der Waals surface area contributed by atoms with Gasteiger partial charge >= 0.3 is 0 Å². The monoisotopic (exact) mass is 330 g/mol. The van der Waals surface area contributed by atoms with E-state index in [1.165, 1.54) is 26.6 Å². The van der Waals surface area contributed by atoms with Crippen molar-refractivity contribution in [1.29, 1.82) is 0 Å². The molecule has 0 radical (unpaired) electrons. The first kappa shape index (κ1) is 17.5. The van der Waals surface area contributed by atoms with Crippen molar-refractivity contribution in [3.63, 3.8) is 0 Å². The van der Waals surface area contributed by atoms with Crippen LogP contribution < -0.4 is 0 Å². The second-order valence-corrected chi connectivity index (χ2v) is 8.40. The van der Waals surface area contributed by atoms with Crippen molar-refractivity contribution in [2.75, 3.05) is 27.7 Å². The Morgan fingerprint density at radius 3 is 2.55 bits per heavy atom. The van der Waals surface area contributed by atoms with Crippen molar-refractivity contribution in [3.8, 4) is 0 Å². The first-order valence-electron chi connectivity index (χ1n) is 7.68. The summed E-state index contributed by atoms with van der Waals surface area (Å²) in [6, 6.07) is 3.19. The van der Waals surface area contributed by atoms with Crippen molar-refractivity contribution in [2.45, 2.75) is 43.4 Å². The average molecular weight is 330 g/mol. The van der Waals surface area contributed by atoms with Crippen LogP contribution in [0.5, 0.6) is 0 Å². The van der Waals surface area contributed by atoms with Crippen LogP contribution in [0.1, 0.15) is 31.4 Å². The number of nitrogens with zero attached hydrogens (tertiary/aromatic N) is 2. The van der Waals surface area contributed by atoms with E-state index in [1.54, 1.807) is 6.07 Å². The van der Waals surface area contributed by atoms with Crippen molar-refractivity contribution >= 4 is 10.0 Å². The lowest BCUT2D eigenvalue weighted by Gasteiger charge is -2.30. The Labute approximate surface area is 132 Å². The first-order chi connectivity index (χ1) is 10.3. The zero-order chi connectivity index (χ0) is 16.3. The molecule has 0 spiro atoms. The van der Waals surface area contributed by atoms with E-state index in [0.29, 0.717) is 18.2 Å². The van der Waals surface area contributed by atoms with Gasteiger partial charge in [0.2, 0.25) is 5.09 Å². The molecule has 1 aliphatic carbocycles. The molecule has 1 saturated carbocycles. The highest BCUT2D eigenvalue weighted by Gasteiger charge is 2.25. The molecule has 1 fully saturated rings. The molecule has 1 aromatic rings. The number of furan rings is 1. The standard InChI is InChI=1S/C15H26N2O4S/c1-16(2)22(19,20)15-9-8-13(21-15)11-17(3)10-12-6-4-5-7-14(12)18/h8-9,12,14,18H,4-7,10-11H2,1-3H3. The van der Waals surface area contributed by atoms with Gasteiger partial charge in [-0.2, -0.15) is 0 Å². The smallest absolute Gasteiger partial charge is 0.275 e. The average Bonchev–Trinajstić information content (AvgIpc) is 2.90. The molecule has 2 atom stereocenters. The van der Waals surface area contributed by atoms with Gasteiger partial charge in [-0.15, -0.1) is 0 Å². The maximum absolute atomic E-state index is 12.0. The lowest BCUT2D eigenvalue weighted by atomic mass is 9.86. The van der Waals surface area contributed by atoms with Crippen molar-refractivity contribution in [1.82, 2.24) is 9.21 Å². The molecule has 1 heterocycles. The SMILES string of the molecule is CN(Cc1ccc(S(=O)(=O)N(C)C)o1)CC1CCCCC1O. The Balaban J connectivity index is 1.95. The van der Waals surface area contributed by atoms with Gasteiger partial charge in [-0.1, -0.05) is 12.8 Å². The summed E-state index contributed by atoms with van der Waals surface area (Å²) in [5.41, 5.74) is 0.